The molecular formula is C15H18FN5O. The Bertz CT molecular complexity index is 678. The smallest absolute Gasteiger partial charge is 0.321 e. The molecule has 1 aromatic carbocycles. The molecule has 1 aliphatic carbocycles. The van der Waals surface area contributed by atoms with Gasteiger partial charge in [-0.3, -0.25) is 4.90 Å². The molecule has 3 rings (SSSR count). The normalized spacial score (nSPS) is 14.0. The summed E-state index contributed by atoms with van der Waals surface area (Å²) in [5, 5.41) is 11.0. The zero-order valence-corrected chi connectivity index (χ0v) is 12.6. The van der Waals surface area contributed by atoms with Crippen LogP contribution in [-0.2, 0) is 6.54 Å². The fourth-order valence-corrected chi connectivity index (χ4v) is 2.40. The summed E-state index contributed by atoms with van der Waals surface area (Å²) in [6, 6.07) is 5.97. The van der Waals surface area contributed by atoms with Crippen molar-refractivity contribution in [2.24, 2.45) is 0 Å². The lowest BCUT2D eigenvalue weighted by Crippen LogP contribution is -2.37. The molecule has 1 aromatic heterocycles. The first-order valence-electron chi connectivity index (χ1n) is 7.24. The highest BCUT2D eigenvalue weighted by Crippen LogP contribution is 2.36. The average molecular weight is 303 g/mol. The van der Waals surface area contributed by atoms with Crippen LogP contribution in [0.3, 0.4) is 0 Å². The minimum atomic E-state index is -0.328. The Labute approximate surface area is 128 Å². The lowest BCUT2D eigenvalue weighted by Gasteiger charge is -2.18. The zero-order chi connectivity index (χ0) is 15.7. The summed E-state index contributed by atoms with van der Waals surface area (Å²) >= 11 is 0. The number of anilines is 1. The van der Waals surface area contributed by atoms with Crippen LogP contribution in [0.1, 0.15) is 30.5 Å². The van der Waals surface area contributed by atoms with Gasteiger partial charge in [-0.25, -0.2) is 9.18 Å². The van der Waals surface area contributed by atoms with Crippen molar-refractivity contribution in [2.45, 2.75) is 32.4 Å². The third-order valence-corrected chi connectivity index (χ3v) is 3.77. The molecule has 2 aromatic rings. The first-order chi connectivity index (χ1) is 10.6. The van der Waals surface area contributed by atoms with Crippen molar-refractivity contribution in [3.8, 4) is 0 Å². The molecule has 1 saturated carbocycles. The fraction of sp³-hybridized carbons (Fsp3) is 0.400. The predicted molar refractivity (Wildman–Crippen MR) is 80.1 cm³/mol. The van der Waals surface area contributed by atoms with Crippen molar-refractivity contribution < 1.29 is 9.18 Å². The number of amides is 2. The Morgan fingerprint density at radius 2 is 2.05 bits per heavy atom. The largest absolute Gasteiger partial charge is 0.330 e. The van der Waals surface area contributed by atoms with E-state index in [9.17, 15) is 9.18 Å². The van der Waals surface area contributed by atoms with Gasteiger partial charge in [-0.15, -0.1) is 10.2 Å². The first kappa shape index (κ1) is 14.5. The van der Waals surface area contributed by atoms with E-state index in [1.807, 2.05) is 6.92 Å². The first-order valence-corrected chi connectivity index (χ1v) is 7.24. The molecule has 0 unspecified atom stereocenters. The van der Waals surface area contributed by atoms with Gasteiger partial charge in [-0.05, 0) is 44.0 Å². The van der Waals surface area contributed by atoms with Crippen LogP contribution in [0.5, 0.6) is 0 Å². The molecule has 1 aliphatic rings. The Balaban J connectivity index is 1.63. The summed E-state index contributed by atoms with van der Waals surface area (Å²) in [6.45, 7) is 2.24. The van der Waals surface area contributed by atoms with Crippen LogP contribution in [0.25, 0.3) is 0 Å². The topological polar surface area (TPSA) is 63.1 Å². The summed E-state index contributed by atoms with van der Waals surface area (Å²) in [6.07, 6.45) is 2.27. The number of hydrogen-bond acceptors (Lipinski definition) is 3. The molecular weight excluding hydrogens is 285 g/mol. The van der Waals surface area contributed by atoms with E-state index in [1.165, 1.54) is 17.0 Å². The highest BCUT2D eigenvalue weighted by Gasteiger charge is 2.28. The molecule has 2 amide bonds. The van der Waals surface area contributed by atoms with Gasteiger partial charge in [0.1, 0.15) is 11.6 Å². The van der Waals surface area contributed by atoms with Crippen molar-refractivity contribution in [1.82, 2.24) is 20.1 Å². The SMILES string of the molecule is Cc1nnc(CNC(=O)N(C)c2ccc(F)cc2)n1C1CC1. The number of urea groups is 1. The third-order valence-electron chi connectivity index (χ3n) is 3.77. The second kappa shape index (κ2) is 5.75. The van der Waals surface area contributed by atoms with E-state index in [0.717, 1.165) is 24.5 Å². The number of benzene rings is 1. The van der Waals surface area contributed by atoms with Gasteiger partial charge in [0.15, 0.2) is 5.82 Å². The standard InChI is InChI=1S/C15H18FN5O/c1-10-18-19-14(21(10)13-7-8-13)9-17-15(22)20(2)12-5-3-11(16)4-6-12/h3-6,13H,7-9H2,1-2H3,(H,17,22). The maximum absolute atomic E-state index is 12.9. The van der Waals surface area contributed by atoms with Gasteiger partial charge in [-0.1, -0.05) is 0 Å². The summed E-state index contributed by atoms with van der Waals surface area (Å²) in [4.78, 5) is 13.6. The van der Waals surface area contributed by atoms with Gasteiger partial charge < -0.3 is 9.88 Å². The molecule has 0 spiro atoms. The number of nitrogens with one attached hydrogen (secondary N) is 1. The molecule has 1 heterocycles. The number of carbonyl (C=O) groups is 1. The zero-order valence-electron chi connectivity index (χ0n) is 12.6. The van der Waals surface area contributed by atoms with E-state index in [2.05, 4.69) is 20.1 Å². The molecule has 0 atom stereocenters. The van der Waals surface area contributed by atoms with Gasteiger partial charge in [-0.2, -0.15) is 0 Å². The highest BCUT2D eigenvalue weighted by molar-refractivity contribution is 5.91. The lowest BCUT2D eigenvalue weighted by atomic mass is 10.3. The highest BCUT2D eigenvalue weighted by atomic mass is 19.1. The summed E-state index contributed by atoms with van der Waals surface area (Å²) in [5.74, 6) is 1.31. The van der Waals surface area contributed by atoms with Crippen LogP contribution < -0.4 is 10.2 Å². The molecule has 22 heavy (non-hydrogen) atoms. The van der Waals surface area contributed by atoms with Crippen molar-refractivity contribution in [3.63, 3.8) is 0 Å². The maximum atomic E-state index is 12.9. The summed E-state index contributed by atoms with van der Waals surface area (Å²) in [5.41, 5.74) is 0.624. The molecule has 116 valence electrons. The maximum Gasteiger partial charge on any atom is 0.321 e. The quantitative estimate of drug-likeness (QED) is 0.943. The number of rotatable bonds is 4. The number of hydrogen-bond donors (Lipinski definition) is 1. The Morgan fingerprint density at radius 3 is 2.68 bits per heavy atom. The summed E-state index contributed by atoms with van der Waals surface area (Å²) in [7, 11) is 1.64. The van der Waals surface area contributed by atoms with Crippen molar-refractivity contribution >= 4 is 11.7 Å². The second-order valence-corrected chi connectivity index (χ2v) is 5.46. The number of nitrogens with zero attached hydrogens (tertiary/aromatic N) is 4. The molecule has 7 heteroatoms. The molecule has 0 radical (unpaired) electrons. The van der Waals surface area contributed by atoms with Gasteiger partial charge in [0.2, 0.25) is 0 Å². The Morgan fingerprint density at radius 1 is 1.36 bits per heavy atom. The second-order valence-electron chi connectivity index (χ2n) is 5.46. The molecule has 1 fully saturated rings. The van der Waals surface area contributed by atoms with Gasteiger partial charge in [0.05, 0.1) is 6.54 Å². The van der Waals surface area contributed by atoms with Gasteiger partial charge >= 0.3 is 6.03 Å². The number of halogens is 1. The van der Waals surface area contributed by atoms with Gasteiger partial charge in [0.25, 0.3) is 0 Å². The Hall–Kier alpha value is -2.44. The minimum Gasteiger partial charge on any atom is -0.330 e. The van der Waals surface area contributed by atoms with Crippen molar-refractivity contribution in [3.05, 3.63) is 41.7 Å². The number of aryl methyl sites for hydroxylation is 1. The van der Waals surface area contributed by atoms with Crippen LogP contribution in [0.4, 0.5) is 14.9 Å². The molecule has 0 saturated heterocycles. The molecule has 0 bridgehead atoms. The van der Waals surface area contributed by atoms with Crippen molar-refractivity contribution in [1.29, 1.82) is 0 Å². The third kappa shape index (κ3) is 2.93. The number of aromatic nitrogens is 3. The van der Waals surface area contributed by atoms with E-state index in [-0.39, 0.29) is 11.8 Å². The Kier molecular flexibility index (Phi) is 3.79. The lowest BCUT2D eigenvalue weighted by molar-refractivity contribution is 0.246. The van der Waals surface area contributed by atoms with E-state index >= 15 is 0 Å². The van der Waals surface area contributed by atoms with Crippen LogP contribution in [0, 0.1) is 12.7 Å². The molecule has 1 N–H and O–H groups in total. The van der Waals surface area contributed by atoms with E-state index in [1.54, 1.807) is 19.2 Å². The van der Waals surface area contributed by atoms with Crippen LogP contribution in [0.15, 0.2) is 24.3 Å². The van der Waals surface area contributed by atoms with E-state index in [0.29, 0.717) is 18.3 Å². The van der Waals surface area contributed by atoms with Gasteiger partial charge in [0, 0.05) is 18.8 Å². The van der Waals surface area contributed by atoms with E-state index in [4.69, 9.17) is 0 Å². The summed E-state index contributed by atoms with van der Waals surface area (Å²) < 4.78 is 15.0. The van der Waals surface area contributed by atoms with E-state index < -0.39 is 0 Å². The van der Waals surface area contributed by atoms with Crippen molar-refractivity contribution in [2.75, 3.05) is 11.9 Å². The molecule has 6 nitrogen and oxygen atoms in total. The monoisotopic (exact) mass is 303 g/mol. The fourth-order valence-electron chi connectivity index (χ4n) is 2.40. The number of carbonyl (C=O) groups excluding carboxylic acids is 1. The minimum absolute atomic E-state index is 0.269. The molecule has 0 aliphatic heterocycles. The van der Waals surface area contributed by atoms with Crippen LogP contribution >= 0.6 is 0 Å². The van der Waals surface area contributed by atoms with Crippen LogP contribution in [0.2, 0.25) is 0 Å². The van der Waals surface area contributed by atoms with Crippen LogP contribution in [-0.4, -0.2) is 27.8 Å². The average Bonchev–Trinajstić information content (AvgIpc) is 3.28. The predicted octanol–water partition coefficient (Wildman–Crippen LogP) is 2.41.